The molecule has 2 nitrogen and oxygen atoms in total. The number of thiazole rings is 1. The summed E-state index contributed by atoms with van der Waals surface area (Å²) in [5.41, 5.74) is 8.27. The first-order chi connectivity index (χ1) is 8.29. The van der Waals surface area contributed by atoms with Gasteiger partial charge in [0.05, 0.1) is 10.7 Å². The maximum atomic E-state index is 6.03. The second-order valence-corrected chi connectivity index (χ2v) is 5.19. The third-order valence-corrected chi connectivity index (χ3v) is 3.59. The van der Waals surface area contributed by atoms with E-state index in [2.05, 4.69) is 29.4 Å². The first kappa shape index (κ1) is 12.3. The minimum Gasteiger partial charge on any atom is -0.327 e. The van der Waals surface area contributed by atoms with E-state index in [1.807, 2.05) is 18.2 Å². The quantitative estimate of drug-likeness (QED) is 0.877. The topological polar surface area (TPSA) is 38.9 Å². The lowest BCUT2D eigenvalue weighted by atomic mass is 10.1. The van der Waals surface area contributed by atoms with Crippen LogP contribution in [0.5, 0.6) is 0 Å². The van der Waals surface area contributed by atoms with Gasteiger partial charge >= 0.3 is 0 Å². The number of hydrogen-bond donors (Lipinski definition) is 1. The second kappa shape index (κ2) is 5.94. The van der Waals surface area contributed by atoms with Crippen LogP contribution in [0.4, 0.5) is 0 Å². The van der Waals surface area contributed by atoms with Gasteiger partial charge in [0.25, 0.3) is 0 Å². The van der Waals surface area contributed by atoms with Gasteiger partial charge in [0.2, 0.25) is 0 Å². The van der Waals surface area contributed by atoms with Gasteiger partial charge in [-0.15, -0.1) is 11.3 Å². The fraction of sp³-hybridized carbons (Fsp3) is 0.357. The molecule has 1 heterocycles. The summed E-state index contributed by atoms with van der Waals surface area (Å²) in [6.07, 6.45) is 3.10. The highest BCUT2D eigenvalue weighted by Gasteiger charge is 2.08. The Labute approximate surface area is 107 Å². The van der Waals surface area contributed by atoms with Gasteiger partial charge < -0.3 is 5.73 Å². The Morgan fingerprint density at radius 1 is 1.29 bits per heavy atom. The molecule has 0 fully saturated rings. The number of nitrogens with two attached hydrogens (primary N) is 1. The summed E-state index contributed by atoms with van der Waals surface area (Å²) in [5, 5.41) is 3.26. The normalized spacial score (nSPS) is 12.6. The van der Waals surface area contributed by atoms with Crippen LogP contribution < -0.4 is 5.73 Å². The van der Waals surface area contributed by atoms with Crippen molar-refractivity contribution in [3.63, 3.8) is 0 Å². The van der Waals surface area contributed by atoms with Crippen LogP contribution in [0.25, 0.3) is 11.3 Å². The van der Waals surface area contributed by atoms with E-state index in [9.17, 15) is 0 Å². The van der Waals surface area contributed by atoms with Crippen molar-refractivity contribution in [1.82, 2.24) is 4.98 Å². The highest BCUT2D eigenvalue weighted by atomic mass is 32.1. The van der Waals surface area contributed by atoms with Crippen LogP contribution in [0.15, 0.2) is 35.7 Å². The fourth-order valence-electron chi connectivity index (χ4n) is 1.84. The van der Waals surface area contributed by atoms with Gasteiger partial charge in [0.15, 0.2) is 0 Å². The van der Waals surface area contributed by atoms with E-state index in [4.69, 9.17) is 5.73 Å². The first-order valence-corrected chi connectivity index (χ1v) is 6.93. The molecular weight excluding hydrogens is 228 g/mol. The fourth-order valence-corrected chi connectivity index (χ4v) is 2.74. The molecule has 1 atom stereocenters. The molecule has 2 rings (SSSR count). The van der Waals surface area contributed by atoms with Crippen LogP contribution >= 0.6 is 11.3 Å². The largest absolute Gasteiger partial charge is 0.327 e. The smallest absolute Gasteiger partial charge is 0.0948 e. The average molecular weight is 246 g/mol. The van der Waals surface area contributed by atoms with Gasteiger partial charge in [-0.3, -0.25) is 0 Å². The maximum absolute atomic E-state index is 6.03. The van der Waals surface area contributed by atoms with Crippen LogP contribution in [0.2, 0.25) is 0 Å². The molecule has 1 aromatic heterocycles. The van der Waals surface area contributed by atoms with Gasteiger partial charge in [-0.05, 0) is 6.42 Å². The van der Waals surface area contributed by atoms with E-state index in [1.165, 1.54) is 5.56 Å². The molecule has 0 saturated heterocycles. The van der Waals surface area contributed by atoms with Crippen molar-refractivity contribution in [2.45, 2.75) is 32.2 Å². The zero-order chi connectivity index (χ0) is 12.1. The van der Waals surface area contributed by atoms with Crippen LogP contribution in [-0.4, -0.2) is 11.0 Å². The second-order valence-electron chi connectivity index (χ2n) is 4.25. The van der Waals surface area contributed by atoms with E-state index < -0.39 is 0 Å². The zero-order valence-corrected chi connectivity index (χ0v) is 10.9. The van der Waals surface area contributed by atoms with Gasteiger partial charge in [-0.2, -0.15) is 0 Å². The molecule has 0 aliphatic rings. The lowest BCUT2D eigenvalue weighted by Crippen LogP contribution is -2.22. The van der Waals surface area contributed by atoms with Crippen molar-refractivity contribution < 1.29 is 0 Å². The molecule has 3 heteroatoms. The van der Waals surface area contributed by atoms with Gasteiger partial charge in [0, 0.05) is 23.4 Å². The number of benzene rings is 1. The number of hydrogen-bond acceptors (Lipinski definition) is 3. The van der Waals surface area contributed by atoms with Crippen LogP contribution in [0.1, 0.15) is 24.8 Å². The Balaban J connectivity index is 2.06. The average Bonchev–Trinajstić information content (AvgIpc) is 2.79. The van der Waals surface area contributed by atoms with Crippen molar-refractivity contribution in [1.29, 1.82) is 0 Å². The van der Waals surface area contributed by atoms with Crippen molar-refractivity contribution in [2.75, 3.05) is 0 Å². The molecule has 2 aromatic rings. The monoisotopic (exact) mass is 246 g/mol. The summed E-state index contributed by atoms with van der Waals surface area (Å²) >= 11 is 1.71. The van der Waals surface area contributed by atoms with E-state index in [0.717, 1.165) is 30.0 Å². The van der Waals surface area contributed by atoms with Crippen molar-refractivity contribution in [2.24, 2.45) is 5.73 Å². The van der Waals surface area contributed by atoms with Gasteiger partial charge in [-0.25, -0.2) is 4.98 Å². The summed E-state index contributed by atoms with van der Waals surface area (Å²) in [6, 6.07) is 10.5. The Morgan fingerprint density at radius 3 is 2.76 bits per heavy atom. The third-order valence-electron chi connectivity index (χ3n) is 2.72. The molecule has 90 valence electrons. The lowest BCUT2D eigenvalue weighted by Gasteiger charge is -2.06. The maximum Gasteiger partial charge on any atom is 0.0948 e. The lowest BCUT2D eigenvalue weighted by molar-refractivity contribution is 0.599. The Bertz CT molecular complexity index is 450. The SMILES string of the molecule is CCCC(N)Cc1nc(-c2ccccc2)cs1. The Morgan fingerprint density at radius 2 is 2.06 bits per heavy atom. The molecule has 0 saturated carbocycles. The van der Waals surface area contributed by atoms with Crippen LogP contribution in [0, 0.1) is 0 Å². The predicted octanol–water partition coefficient (Wildman–Crippen LogP) is 3.48. The molecule has 2 N–H and O–H groups in total. The standard InChI is InChI=1S/C14H18N2S/c1-2-6-12(15)9-14-16-13(10-17-14)11-7-4-3-5-8-11/h3-5,7-8,10,12H,2,6,9,15H2,1H3. The van der Waals surface area contributed by atoms with Crippen LogP contribution in [0.3, 0.4) is 0 Å². The highest BCUT2D eigenvalue weighted by molar-refractivity contribution is 7.09. The number of nitrogens with zero attached hydrogens (tertiary/aromatic N) is 1. The summed E-state index contributed by atoms with van der Waals surface area (Å²) in [6.45, 7) is 2.16. The highest BCUT2D eigenvalue weighted by Crippen LogP contribution is 2.22. The molecular formula is C14H18N2S. The molecule has 1 aromatic carbocycles. The first-order valence-electron chi connectivity index (χ1n) is 6.05. The van der Waals surface area contributed by atoms with Crippen molar-refractivity contribution in [3.8, 4) is 11.3 Å². The minimum atomic E-state index is 0.245. The Kier molecular flexibility index (Phi) is 4.29. The van der Waals surface area contributed by atoms with Crippen LogP contribution in [-0.2, 0) is 6.42 Å². The van der Waals surface area contributed by atoms with E-state index in [1.54, 1.807) is 11.3 Å². The van der Waals surface area contributed by atoms with E-state index in [-0.39, 0.29) is 6.04 Å². The van der Waals surface area contributed by atoms with Crippen molar-refractivity contribution in [3.05, 3.63) is 40.7 Å². The summed E-state index contributed by atoms with van der Waals surface area (Å²) in [7, 11) is 0. The summed E-state index contributed by atoms with van der Waals surface area (Å²) < 4.78 is 0. The zero-order valence-electron chi connectivity index (χ0n) is 10.1. The van der Waals surface area contributed by atoms with Crippen molar-refractivity contribution >= 4 is 11.3 Å². The van der Waals surface area contributed by atoms with Gasteiger partial charge in [0.1, 0.15) is 0 Å². The summed E-state index contributed by atoms with van der Waals surface area (Å²) in [5.74, 6) is 0. The number of aromatic nitrogens is 1. The molecule has 17 heavy (non-hydrogen) atoms. The minimum absolute atomic E-state index is 0.245. The summed E-state index contributed by atoms with van der Waals surface area (Å²) in [4.78, 5) is 4.64. The molecule has 0 bridgehead atoms. The molecule has 0 amide bonds. The van der Waals surface area contributed by atoms with E-state index in [0.29, 0.717) is 0 Å². The molecule has 0 spiro atoms. The predicted molar refractivity (Wildman–Crippen MR) is 74.1 cm³/mol. The molecule has 0 aliphatic heterocycles. The molecule has 1 unspecified atom stereocenters. The third kappa shape index (κ3) is 3.38. The Hall–Kier alpha value is -1.19. The van der Waals surface area contributed by atoms with E-state index >= 15 is 0 Å². The number of rotatable bonds is 5. The van der Waals surface area contributed by atoms with Gasteiger partial charge in [-0.1, -0.05) is 43.7 Å². The molecule has 0 radical (unpaired) electrons. The molecule has 0 aliphatic carbocycles.